The van der Waals surface area contributed by atoms with Crippen molar-refractivity contribution in [3.63, 3.8) is 0 Å². The van der Waals surface area contributed by atoms with Crippen molar-refractivity contribution in [3.05, 3.63) is 42.0 Å². The SMILES string of the molecule is COc1cc2ccccc2cc1C(=O)N1CCC1. The lowest BCUT2D eigenvalue weighted by Gasteiger charge is -2.31. The fourth-order valence-electron chi connectivity index (χ4n) is 2.25. The Balaban J connectivity index is 2.11. The van der Waals surface area contributed by atoms with Crippen molar-refractivity contribution in [2.24, 2.45) is 0 Å². The lowest BCUT2D eigenvalue weighted by Crippen LogP contribution is -2.42. The van der Waals surface area contributed by atoms with Gasteiger partial charge in [-0.15, -0.1) is 0 Å². The smallest absolute Gasteiger partial charge is 0.257 e. The summed E-state index contributed by atoms with van der Waals surface area (Å²) in [7, 11) is 1.61. The van der Waals surface area contributed by atoms with Gasteiger partial charge in [0.2, 0.25) is 0 Å². The van der Waals surface area contributed by atoms with Crippen LogP contribution in [-0.2, 0) is 0 Å². The largest absolute Gasteiger partial charge is 0.496 e. The van der Waals surface area contributed by atoms with Gasteiger partial charge in [0.25, 0.3) is 5.91 Å². The molecular formula is C15H15NO2. The maximum Gasteiger partial charge on any atom is 0.257 e. The number of methoxy groups -OCH3 is 1. The van der Waals surface area contributed by atoms with Crippen LogP contribution in [0.5, 0.6) is 5.75 Å². The summed E-state index contributed by atoms with van der Waals surface area (Å²) in [6.07, 6.45) is 1.10. The zero-order chi connectivity index (χ0) is 12.5. The molecular weight excluding hydrogens is 226 g/mol. The van der Waals surface area contributed by atoms with Crippen molar-refractivity contribution in [1.82, 2.24) is 4.90 Å². The maximum atomic E-state index is 12.3. The number of carbonyl (C=O) groups excluding carboxylic acids is 1. The fraction of sp³-hybridized carbons (Fsp3) is 0.267. The van der Waals surface area contributed by atoms with Gasteiger partial charge in [-0.25, -0.2) is 0 Å². The molecule has 0 aliphatic carbocycles. The molecule has 0 bridgehead atoms. The van der Waals surface area contributed by atoms with Crippen molar-refractivity contribution < 1.29 is 9.53 Å². The zero-order valence-electron chi connectivity index (χ0n) is 10.3. The molecule has 3 heteroatoms. The number of likely N-dealkylation sites (tertiary alicyclic amines) is 1. The minimum absolute atomic E-state index is 0.0730. The van der Waals surface area contributed by atoms with Gasteiger partial charge in [-0.3, -0.25) is 4.79 Å². The second kappa shape index (κ2) is 4.33. The number of nitrogens with zero attached hydrogens (tertiary/aromatic N) is 1. The van der Waals surface area contributed by atoms with Gasteiger partial charge in [-0.1, -0.05) is 24.3 Å². The van der Waals surface area contributed by atoms with E-state index in [0.717, 1.165) is 30.3 Å². The molecule has 0 radical (unpaired) electrons. The van der Waals surface area contributed by atoms with Crippen LogP contribution in [-0.4, -0.2) is 31.0 Å². The molecule has 92 valence electrons. The number of rotatable bonds is 2. The Morgan fingerprint density at radius 1 is 1.17 bits per heavy atom. The monoisotopic (exact) mass is 241 g/mol. The number of carbonyl (C=O) groups is 1. The highest BCUT2D eigenvalue weighted by atomic mass is 16.5. The minimum atomic E-state index is 0.0730. The van der Waals surface area contributed by atoms with Gasteiger partial charge in [-0.05, 0) is 29.3 Å². The van der Waals surface area contributed by atoms with Crippen LogP contribution in [0.3, 0.4) is 0 Å². The van der Waals surface area contributed by atoms with Crippen molar-refractivity contribution in [3.8, 4) is 5.75 Å². The molecule has 1 heterocycles. The summed E-state index contributed by atoms with van der Waals surface area (Å²) in [4.78, 5) is 14.2. The van der Waals surface area contributed by atoms with Gasteiger partial charge < -0.3 is 9.64 Å². The van der Waals surface area contributed by atoms with Gasteiger partial charge in [0.15, 0.2) is 0 Å². The highest BCUT2D eigenvalue weighted by Crippen LogP contribution is 2.28. The predicted molar refractivity (Wildman–Crippen MR) is 71.0 cm³/mol. The topological polar surface area (TPSA) is 29.5 Å². The van der Waals surface area contributed by atoms with Crippen LogP contribution in [0.15, 0.2) is 36.4 Å². The molecule has 3 rings (SSSR count). The van der Waals surface area contributed by atoms with Crippen LogP contribution in [0, 0.1) is 0 Å². The Morgan fingerprint density at radius 2 is 1.83 bits per heavy atom. The van der Waals surface area contributed by atoms with Crippen molar-refractivity contribution >= 4 is 16.7 Å². The molecule has 0 saturated carbocycles. The summed E-state index contributed by atoms with van der Waals surface area (Å²) >= 11 is 0. The van der Waals surface area contributed by atoms with Gasteiger partial charge in [0.1, 0.15) is 5.75 Å². The standard InChI is InChI=1S/C15H15NO2/c1-18-14-10-12-6-3-2-5-11(12)9-13(14)15(17)16-7-4-8-16/h2-3,5-6,9-10H,4,7-8H2,1H3. The molecule has 0 spiro atoms. The van der Waals surface area contributed by atoms with E-state index in [1.54, 1.807) is 7.11 Å². The number of hydrogen-bond acceptors (Lipinski definition) is 2. The van der Waals surface area contributed by atoms with Crippen LogP contribution >= 0.6 is 0 Å². The molecule has 18 heavy (non-hydrogen) atoms. The molecule has 1 aliphatic rings. The molecule has 0 aromatic heterocycles. The van der Waals surface area contributed by atoms with E-state index in [-0.39, 0.29) is 5.91 Å². The first-order valence-corrected chi connectivity index (χ1v) is 6.15. The number of ether oxygens (including phenoxy) is 1. The Morgan fingerprint density at radius 3 is 2.39 bits per heavy atom. The van der Waals surface area contributed by atoms with Crippen LogP contribution in [0.25, 0.3) is 10.8 Å². The van der Waals surface area contributed by atoms with E-state index in [2.05, 4.69) is 0 Å². The molecule has 0 unspecified atom stereocenters. The van der Waals surface area contributed by atoms with Gasteiger partial charge in [-0.2, -0.15) is 0 Å². The summed E-state index contributed by atoms with van der Waals surface area (Å²) in [5.41, 5.74) is 0.663. The molecule has 1 saturated heterocycles. The van der Waals surface area contributed by atoms with E-state index < -0.39 is 0 Å². The summed E-state index contributed by atoms with van der Waals surface area (Å²) in [5.74, 6) is 0.731. The van der Waals surface area contributed by atoms with Crippen molar-refractivity contribution in [2.45, 2.75) is 6.42 Å². The Labute approximate surface area is 106 Å². The lowest BCUT2D eigenvalue weighted by molar-refractivity contribution is 0.0648. The Hall–Kier alpha value is -2.03. The van der Waals surface area contributed by atoms with E-state index in [4.69, 9.17) is 4.74 Å². The summed E-state index contributed by atoms with van der Waals surface area (Å²) in [6, 6.07) is 11.9. The molecule has 3 nitrogen and oxygen atoms in total. The molecule has 0 atom stereocenters. The van der Waals surface area contributed by atoms with Crippen LogP contribution in [0.4, 0.5) is 0 Å². The Kier molecular flexibility index (Phi) is 2.67. The molecule has 1 amide bonds. The van der Waals surface area contributed by atoms with Gasteiger partial charge in [0.05, 0.1) is 12.7 Å². The number of hydrogen-bond donors (Lipinski definition) is 0. The first kappa shape index (κ1) is 11.1. The van der Waals surface area contributed by atoms with E-state index in [1.165, 1.54) is 0 Å². The fourth-order valence-corrected chi connectivity index (χ4v) is 2.25. The molecule has 0 N–H and O–H groups in total. The van der Waals surface area contributed by atoms with Crippen LogP contribution < -0.4 is 4.74 Å². The summed E-state index contributed by atoms with van der Waals surface area (Å²) in [6.45, 7) is 1.71. The molecule has 2 aromatic carbocycles. The Bertz CT molecular complexity index is 602. The van der Waals surface area contributed by atoms with Crippen molar-refractivity contribution in [1.29, 1.82) is 0 Å². The number of amides is 1. The van der Waals surface area contributed by atoms with E-state index in [9.17, 15) is 4.79 Å². The first-order chi connectivity index (χ1) is 8.79. The van der Waals surface area contributed by atoms with E-state index in [1.807, 2.05) is 41.3 Å². The summed E-state index contributed by atoms with van der Waals surface area (Å²) in [5, 5.41) is 2.16. The predicted octanol–water partition coefficient (Wildman–Crippen LogP) is 2.69. The molecule has 1 aliphatic heterocycles. The molecule has 1 fully saturated rings. The second-order valence-electron chi connectivity index (χ2n) is 4.55. The average molecular weight is 241 g/mol. The summed E-state index contributed by atoms with van der Waals surface area (Å²) < 4.78 is 5.35. The molecule has 2 aromatic rings. The second-order valence-corrected chi connectivity index (χ2v) is 4.55. The third-order valence-corrected chi connectivity index (χ3v) is 3.44. The quantitative estimate of drug-likeness (QED) is 0.809. The van der Waals surface area contributed by atoms with Crippen molar-refractivity contribution in [2.75, 3.05) is 20.2 Å². The normalized spacial score (nSPS) is 14.4. The van der Waals surface area contributed by atoms with E-state index >= 15 is 0 Å². The van der Waals surface area contributed by atoms with E-state index in [0.29, 0.717) is 11.3 Å². The first-order valence-electron chi connectivity index (χ1n) is 6.15. The third kappa shape index (κ3) is 1.72. The maximum absolute atomic E-state index is 12.3. The minimum Gasteiger partial charge on any atom is -0.496 e. The van der Waals surface area contributed by atoms with Crippen LogP contribution in [0.1, 0.15) is 16.8 Å². The van der Waals surface area contributed by atoms with Gasteiger partial charge >= 0.3 is 0 Å². The average Bonchev–Trinajstić information content (AvgIpc) is 2.35. The van der Waals surface area contributed by atoms with Crippen LogP contribution in [0.2, 0.25) is 0 Å². The zero-order valence-corrected chi connectivity index (χ0v) is 10.3. The van der Waals surface area contributed by atoms with Gasteiger partial charge in [0, 0.05) is 13.1 Å². The lowest BCUT2D eigenvalue weighted by atomic mass is 10.0. The highest BCUT2D eigenvalue weighted by molar-refractivity contribution is 6.01. The highest BCUT2D eigenvalue weighted by Gasteiger charge is 2.24. The number of benzene rings is 2. The third-order valence-electron chi connectivity index (χ3n) is 3.44. The number of fused-ring (bicyclic) bond motifs is 1.